The molecule has 1 aliphatic rings. The van der Waals surface area contributed by atoms with E-state index in [4.69, 9.17) is 23.2 Å². The molecule has 0 aliphatic carbocycles. The third kappa shape index (κ3) is 3.92. The van der Waals surface area contributed by atoms with Crippen LogP contribution in [0.25, 0.3) is 0 Å². The third-order valence-corrected chi connectivity index (χ3v) is 5.28. The molecule has 2 aromatic rings. The molecule has 1 aromatic heterocycles. The fourth-order valence-electron chi connectivity index (χ4n) is 3.49. The highest BCUT2D eigenvalue weighted by Crippen LogP contribution is 2.34. The van der Waals surface area contributed by atoms with E-state index in [0.29, 0.717) is 28.7 Å². The smallest absolute Gasteiger partial charge is 0.157 e. The predicted molar refractivity (Wildman–Crippen MR) is 96.2 cm³/mol. The Hall–Kier alpha value is -1.11. The van der Waals surface area contributed by atoms with E-state index in [1.54, 1.807) is 24.7 Å². The summed E-state index contributed by atoms with van der Waals surface area (Å²) < 4.78 is 2.68. The van der Waals surface area contributed by atoms with Gasteiger partial charge in [-0.25, -0.2) is 4.98 Å². The molecule has 2 heterocycles. The van der Waals surface area contributed by atoms with E-state index in [-0.39, 0.29) is 0 Å². The van der Waals surface area contributed by atoms with Crippen molar-refractivity contribution in [1.82, 2.24) is 14.9 Å². The van der Waals surface area contributed by atoms with Gasteiger partial charge in [0.05, 0.1) is 33.0 Å². The van der Waals surface area contributed by atoms with Crippen molar-refractivity contribution in [3.05, 3.63) is 52.5 Å². The Morgan fingerprint density at radius 3 is 2.71 bits per heavy atom. The molecule has 3 rings (SSSR count). The van der Waals surface area contributed by atoms with Gasteiger partial charge < -0.3 is 19.5 Å². The van der Waals surface area contributed by atoms with Gasteiger partial charge in [0.2, 0.25) is 0 Å². The maximum Gasteiger partial charge on any atom is 0.157 e. The van der Waals surface area contributed by atoms with E-state index in [0.717, 1.165) is 30.7 Å². The van der Waals surface area contributed by atoms with Crippen LogP contribution in [-0.4, -0.2) is 58.9 Å². The number of hydrogen-bond acceptors (Lipinski definition) is 3. The van der Waals surface area contributed by atoms with E-state index >= 15 is 0 Å². The number of quaternary nitrogens is 1. The monoisotopic (exact) mass is 369 g/mol. The van der Waals surface area contributed by atoms with E-state index in [2.05, 4.69) is 17.3 Å². The maximum atomic E-state index is 11.6. The number of piperazine rings is 1. The highest BCUT2D eigenvalue weighted by Gasteiger charge is 2.41. The zero-order chi connectivity index (χ0) is 17.2. The molecular weight excluding hydrogens is 347 g/mol. The molecule has 0 spiro atoms. The molecule has 0 radical (unpaired) electrons. The first kappa shape index (κ1) is 17.7. The summed E-state index contributed by atoms with van der Waals surface area (Å²) in [6, 6.07) is 5.30. The quantitative estimate of drug-likeness (QED) is 0.793. The highest BCUT2D eigenvalue weighted by atomic mass is 35.5. The van der Waals surface area contributed by atoms with Crippen LogP contribution in [0.3, 0.4) is 0 Å². The predicted octanol–water partition coefficient (Wildman–Crippen LogP) is 2.13. The largest absolute Gasteiger partial charge is 0.377 e. The van der Waals surface area contributed by atoms with Gasteiger partial charge in [0.1, 0.15) is 6.54 Å². The van der Waals surface area contributed by atoms with Gasteiger partial charge >= 0.3 is 0 Å². The normalized spacial score (nSPS) is 19.8. The van der Waals surface area contributed by atoms with Crippen molar-refractivity contribution < 1.29 is 9.59 Å². The Balaban J connectivity index is 1.96. The SMILES string of the molecule is C[N+]1(CC(O)(Cn2ccnc2)c2ccc(Cl)cc2Cl)CCNCC1. The fraction of sp³-hybridized carbons (Fsp3) is 0.471. The number of rotatable bonds is 5. The number of imidazole rings is 1. The van der Waals surface area contributed by atoms with Crippen molar-refractivity contribution in [2.45, 2.75) is 12.1 Å². The molecule has 5 nitrogen and oxygen atoms in total. The number of hydrogen-bond donors (Lipinski definition) is 2. The first-order chi connectivity index (χ1) is 11.4. The summed E-state index contributed by atoms with van der Waals surface area (Å²) in [5, 5.41) is 16.1. The molecule has 0 bridgehead atoms. The van der Waals surface area contributed by atoms with Gasteiger partial charge in [0, 0.05) is 41.1 Å². The van der Waals surface area contributed by atoms with Gasteiger partial charge in [0.25, 0.3) is 0 Å². The Morgan fingerprint density at radius 1 is 1.33 bits per heavy atom. The highest BCUT2D eigenvalue weighted by molar-refractivity contribution is 6.35. The van der Waals surface area contributed by atoms with Gasteiger partial charge in [0.15, 0.2) is 5.60 Å². The summed E-state index contributed by atoms with van der Waals surface area (Å²) in [6.45, 7) is 4.82. The van der Waals surface area contributed by atoms with Crippen molar-refractivity contribution in [2.75, 3.05) is 39.8 Å². The van der Waals surface area contributed by atoms with Crippen LogP contribution < -0.4 is 5.32 Å². The molecule has 2 N–H and O–H groups in total. The third-order valence-electron chi connectivity index (χ3n) is 4.74. The molecule has 1 unspecified atom stereocenters. The number of likely N-dealkylation sites (N-methyl/N-ethyl adjacent to an activating group) is 1. The van der Waals surface area contributed by atoms with Crippen LogP contribution in [0.15, 0.2) is 36.9 Å². The standard InChI is InChI=1S/C17H23Cl2N4O/c1-23(8-5-20-6-9-23)12-17(24,11-22-7-4-21-13-22)15-3-2-14(18)10-16(15)19/h2-4,7,10,13,20,24H,5-6,8-9,11-12H2,1H3/q+1. The molecule has 1 aliphatic heterocycles. The Morgan fingerprint density at radius 2 is 2.08 bits per heavy atom. The first-order valence-electron chi connectivity index (χ1n) is 8.08. The number of nitrogens with one attached hydrogen (secondary N) is 1. The summed E-state index contributed by atoms with van der Waals surface area (Å²) in [6.07, 6.45) is 5.28. The van der Waals surface area contributed by atoms with Crippen molar-refractivity contribution in [2.24, 2.45) is 0 Å². The molecular formula is C17H23Cl2N4O+. The van der Waals surface area contributed by atoms with Gasteiger partial charge in [-0.15, -0.1) is 0 Å². The molecule has 130 valence electrons. The van der Waals surface area contributed by atoms with E-state index in [9.17, 15) is 5.11 Å². The van der Waals surface area contributed by atoms with E-state index in [1.165, 1.54) is 0 Å². The van der Waals surface area contributed by atoms with Gasteiger partial charge in [-0.3, -0.25) is 0 Å². The Kier molecular flexibility index (Phi) is 5.18. The number of aromatic nitrogens is 2. The van der Waals surface area contributed by atoms with Crippen LogP contribution in [0.5, 0.6) is 0 Å². The first-order valence-corrected chi connectivity index (χ1v) is 8.84. The Bertz CT molecular complexity index is 686. The molecule has 0 amide bonds. The summed E-state index contributed by atoms with van der Waals surface area (Å²) in [7, 11) is 2.18. The zero-order valence-corrected chi connectivity index (χ0v) is 15.3. The molecule has 1 fully saturated rings. The van der Waals surface area contributed by atoms with Crippen molar-refractivity contribution in [1.29, 1.82) is 0 Å². The molecule has 1 aromatic carbocycles. The lowest BCUT2D eigenvalue weighted by atomic mass is 9.91. The van der Waals surface area contributed by atoms with Crippen molar-refractivity contribution in [3.8, 4) is 0 Å². The van der Waals surface area contributed by atoms with E-state index in [1.807, 2.05) is 16.8 Å². The summed E-state index contributed by atoms with van der Waals surface area (Å²) >= 11 is 12.5. The minimum absolute atomic E-state index is 0.398. The summed E-state index contributed by atoms with van der Waals surface area (Å²) in [5.41, 5.74) is -0.394. The van der Waals surface area contributed by atoms with Crippen LogP contribution >= 0.6 is 23.2 Å². The molecule has 0 saturated carbocycles. The topological polar surface area (TPSA) is 50.1 Å². The number of aliphatic hydroxyl groups is 1. The minimum Gasteiger partial charge on any atom is -0.377 e. The average molecular weight is 370 g/mol. The van der Waals surface area contributed by atoms with Crippen LogP contribution in [0, 0.1) is 0 Å². The number of benzene rings is 1. The second-order valence-electron chi connectivity index (χ2n) is 6.87. The second kappa shape index (κ2) is 7.02. The molecule has 1 atom stereocenters. The second-order valence-corrected chi connectivity index (χ2v) is 7.71. The lowest BCUT2D eigenvalue weighted by Crippen LogP contribution is -2.61. The molecule has 1 saturated heterocycles. The van der Waals surface area contributed by atoms with Crippen LogP contribution in [0.4, 0.5) is 0 Å². The average Bonchev–Trinajstić information content (AvgIpc) is 2.99. The van der Waals surface area contributed by atoms with Crippen LogP contribution in [-0.2, 0) is 12.1 Å². The zero-order valence-electron chi connectivity index (χ0n) is 13.8. The van der Waals surface area contributed by atoms with Gasteiger partial charge in [-0.05, 0) is 12.1 Å². The van der Waals surface area contributed by atoms with Gasteiger partial charge in [-0.2, -0.15) is 0 Å². The van der Waals surface area contributed by atoms with E-state index < -0.39 is 5.60 Å². The summed E-state index contributed by atoms with van der Waals surface area (Å²) in [5.74, 6) is 0. The Labute approximate surface area is 152 Å². The molecule has 7 heteroatoms. The number of halogens is 2. The maximum absolute atomic E-state index is 11.6. The van der Waals surface area contributed by atoms with Crippen LogP contribution in [0.2, 0.25) is 10.0 Å². The fourth-order valence-corrected chi connectivity index (χ4v) is 4.08. The van der Waals surface area contributed by atoms with Gasteiger partial charge in [-0.1, -0.05) is 29.3 Å². The number of nitrogens with zero attached hydrogens (tertiary/aromatic N) is 3. The minimum atomic E-state index is -1.10. The molecule has 24 heavy (non-hydrogen) atoms. The van der Waals surface area contributed by atoms with Crippen molar-refractivity contribution >= 4 is 23.2 Å². The lowest BCUT2D eigenvalue weighted by Gasteiger charge is -2.44. The van der Waals surface area contributed by atoms with Crippen LogP contribution in [0.1, 0.15) is 5.56 Å². The van der Waals surface area contributed by atoms with Crippen molar-refractivity contribution in [3.63, 3.8) is 0 Å². The lowest BCUT2D eigenvalue weighted by molar-refractivity contribution is -0.918. The summed E-state index contributed by atoms with van der Waals surface area (Å²) in [4.78, 5) is 4.08.